The smallest absolute Gasteiger partial charge is 0.0447 e. The zero-order valence-electron chi connectivity index (χ0n) is 11.2. The lowest BCUT2D eigenvalue weighted by Gasteiger charge is -2.39. The lowest BCUT2D eigenvalue weighted by Crippen LogP contribution is -2.41. The van der Waals surface area contributed by atoms with E-state index in [0.717, 1.165) is 13.0 Å². The van der Waals surface area contributed by atoms with Crippen LogP contribution in [0.5, 0.6) is 0 Å². The summed E-state index contributed by atoms with van der Waals surface area (Å²) < 4.78 is 0. The lowest BCUT2D eigenvalue weighted by molar-refractivity contribution is 0.283. The molecule has 0 bridgehead atoms. The van der Waals surface area contributed by atoms with Crippen molar-refractivity contribution >= 4 is 5.69 Å². The summed E-state index contributed by atoms with van der Waals surface area (Å²) in [6.45, 7) is 3.21. The summed E-state index contributed by atoms with van der Waals surface area (Å²) in [5, 5.41) is 9.01. The number of hydrogen-bond acceptors (Lipinski definition) is 3. The minimum atomic E-state index is 0.0913. The Morgan fingerprint density at radius 2 is 2.00 bits per heavy atom. The van der Waals surface area contributed by atoms with Crippen LogP contribution in [0.3, 0.4) is 0 Å². The quantitative estimate of drug-likeness (QED) is 0.813. The first-order valence-corrected chi connectivity index (χ1v) is 6.95. The van der Waals surface area contributed by atoms with Crippen molar-refractivity contribution < 1.29 is 5.11 Å². The molecule has 1 atom stereocenters. The fourth-order valence-electron chi connectivity index (χ4n) is 2.43. The average Bonchev–Trinajstić information content (AvgIpc) is 2.32. The summed E-state index contributed by atoms with van der Waals surface area (Å²) in [4.78, 5) is 2.44. The van der Waals surface area contributed by atoms with E-state index in [-0.39, 0.29) is 12.6 Å². The van der Waals surface area contributed by atoms with Gasteiger partial charge in [0.05, 0.1) is 0 Å². The highest BCUT2D eigenvalue weighted by Crippen LogP contribution is 2.30. The van der Waals surface area contributed by atoms with Gasteiger partial charge in [-0.25, -0.2) is 0 Å². The molecule has 0 aromatic heterocycles. The van der Waals surface area contributed by atoms with Crippen molar-refractivity contribution in [2.45, 2.75) is 44.7 Å². The van der Waals surface area contributed by atoms with Crippen molar-refractivity contribution in [2.24, 2.45) is 5.73 Å². The SMILES string of the molecule is C[C@@H](N)c1ccc(N(CCCO)C2CCC2)cc1. The molecule has 100 valence electrons. The summed E-state index contributed by atoms with van der Waals surface area (Å²) in [6.07, 6.45) is 4.73. The van der Waals surface area contributed by atoms with Crippen LogP contribution >= 0.6 is 0 Å². The highest BCUT2D eigenvalue weighted by Gasteiger charge is 2.24. The Labute approximate surface area is 110 Å². The van der Waals surface area contributed by atoms with E-state index in [9.17, 15) is 0 Å². The molecule has 1 saturated carbocycles. The Morgan fingerprint density at radius 3 is 2.44 bits per heavy atom. The normalized spacial score (nSPS) is 17.3. The van der Waals surface area contributed by atoms with Crippen LogP contribution in [0, 0.1) is 0 Å². The van der Waals surface area contributed by atoms with Gasteiger partial charge in [0.25, 0.3) is 0 Å². The van der Waals surface area contributed by atoms with E-state index in [0.29, 0.717) is 6.04 Å². The standard InChI is InChI=1S/C15H24N2O/c1-12(16)13-6-8-15(9-7-13)17(10-3-11-18)14-4-2-5-14/h6-9,12,14,18H,2-5,10-11,16H2,1H3/t12-/m1/s1. The van der Waals surface area contributed by atoms with Crippen LogP contribution in [0.25, 0.3) is 0 Å². The topological polar surface area (TPSA) is 49.5 Å². The maximum Gasteiger partial charge on any atom is 0.0447 e. The van der Waals surface area contributed by atoms with Gasteiger partial charge in [-0.3, -0.25) is 0 Å². The van der Waals surface area contributed by atoms with Gasteiger partial charge >= 0.3 is 0 Å². The third-order valence-electron chi connectivity index (χ3n) is 3.82. The molecule has 1 aliphatic rings. The Kier molecular flexibility index (Phi) is 4.61. The van der Waals surface area contributed by atoms with Gasteiger partial charge in [-0.2, -0.15) is 0 Å². The van der Waals surface area contributed by atoms with Crippen LogP contribution in [0.4, 0.5) is 5.69 Å². The maximum absolute atomic E-state index is 9.01. The first kappa shape index (κ1) is 13.4. The largest absolute Gasteiger partial charge is 0.396 e. The Balaban J connectivity index is 2.08. The number of benzene rings is 1. The van der Waals surface area contributed by atoms with Crippen molar-refractivity contribution in [3.8, 4) is 0 Å². The molecule has 2 rings (SSSR count). The number of anilines is 1. The third-order valence-corrected chi connectivity index (χ3v) is 3.82. The number of nitrogens with zero attached hydrogens (tertiary/aromatic N) is 1. The molecule has 18 heavy (non-hydrogen) atoms. The van der Waals surface area contributed by atoms with E-state index >= 15 is 0 Å². The Bertz CT molecular complexity index is 357. The number of aliphatic hydroxyl groups excluding tert-OH is 1. The van der Waals surface area contributed by atoms with Crippen LogP contribution < -0.4 is 10.6 Å². The molecular weight excluding hydrogens is 224 g/mol. The highest BCUT2D eigenvalue weighted by atomic mass is 16.3. The van der Waals surface area contributed by atoms with Crippen molar-refractivity contribution in [1.82, 2.24) is 0 Å². The zero-order chi connectivity index (χ0) is 13.0. The van der Waals surface area contributed by atoms with Gasteiger partial charge in [0.1, 0.15) is 0 Å². The maximum atomic E-state index is 9.01. The molecular formula is C15H24N2O. The van der Waals surface area contributed by atoms with Crippen LogP contribution in [-0.4, -0.2) is 24.3 Å². The van der Waals surface area contributed by atoms with Crippen molar-refractivity contribution in [1.29, 1.82) is 0 Å². The number of aliphatic hydroxyl groups is 1. The molecule has 0 aliphatic heterocycles. The molecule has 0 unspecified atom stereocenters. The van der Waals surface area contributed by atoms with Gasteiger partial charge in [0, 0.05) is 30.9 Å². The predicted octanol–water partition coefficient (Wildman–Crippen LogP) is 2.45. The van der Waals surface area contributed by atoms with Crippen molar-refractivity contribution in [2.75, 3.05) is 18.1 Å². The predicted molar refractivity (Wildman–Crippen MR) is 75.7 cm³/mol. The molecule has 3 N–H and O–H groups in total. The minimum Gasteiger partial charge on any atom is -0.396 e. The lowest BCUT2D eigenvalue weighted by atomic mass is 9.90. The summed E-state index contributed by atoms with van der Waals surface area (Å²) in [7, 11) is 0. The second-order valence-electron chi connectivity index (χ2n) is 5.24. The summed E-state index contributed by atoms with van der Waals surface area (Å²) in [5.41, 5.74) is 8.31. The minimum absolute atomic E-state index is 0.0913. The molecule has 0 heterocycles. The Hall–Kier alpha value is -1.06. The molecule has 0 amide bonds. The van der Waals surface area contributed by atoms with Gasteiger partial charge in [-0.15, -0.1) is 0 Å². The summed E-state index contributed by atoms with van der Waals surface area (Å²) in [6, 6.07) is 9.31. The Morgan fingerprint density at radius 1 is 1.33 bits per heavy atom. The molecule has 3 nitrogen and oxygen atoms in total. The second kappa shape index (κ2) is 6.21. The summed E-state index contributed by atoms with van der Waals surface area (Å²) >= 11 is 0. The van der Waals surface area contributed by atoms with Crippen molar-refractivity contribution in [3.63, 3.8) is 0 Å². The van der Waals surface area contributed by atoms with Gasteiger partial charge in [0.15, 0.2) is 0 Å². The van der Waals surface area contributed by atoms with Gasteiger partial charge < -0.3 is 15.7 Å². The molecule has 0 saturated heterocycles. The molecule has 3 heteroatoms. The molecule has 1 aliphatic carbocycles. The number of rotatable bonds is 6. The first-order chi connectivity index (χ1) is 8.72. The van der Waals surface area contributed by atoms with E-state index in [1.807, 2.05) is 6.92 Å². The van der Waals surface area contributed by atoms with Crippen LogP contribution in [0.1, 0.15) is 44.2 Å². The second-order valence-corrected chi connectivity index (χ2v) is 5.24. The van der Waals surface area contributed by atoms with E-state index in [4.69, 9.17) is 10.8 Å². The first-order valence-electron chi connectivity index (χ1n) is 6.95. The van der Waals surface area contributed by atoms with E-state index < -0.39 is 0 Å². The molecule has 0 radical (unpaired) electrons. The monoisotopic (exact) mass is 248 g/mol. The van der Waals surface area contributed by atoms with Crippen LogP contribution in [-0.2, 0) is 0 Å². The fraction of sp³-hybridized carbons (Fsp3) is 0.600. The molecule has 0 spiro atoms. The van der Waals surface area contributed by atoms with Gasteiger partial charge in [0.2, 0.25) is 0 Å². The van der Waals surface area contributed by atoms with Crippen LogP contribution in [0.15, 0.2) is 24.3 Å². The molecule has 1 fully saturated rings. The van der Waals surface area contributed by atoms with Crippen molar-refractivity contribution in [3.05, 3.63) is 29.8 Å². The fourth-order valence-corrected chi connectivity index (χ4v) is 2.43. The molecule has 1 aromatic carbocycles. The molecule has 1 aromatic rings. The van der Waals surface area contributed by atoms with E-state index in [2.05, 4.69) is 29.2 Å². The van der Waals surface area contributed by atoms with Gasteiger partial charge in [-0.05, 0) is 50.3 Å². The zero-order valence-corrected chi connectivity index (χ0v) is 11.2. The van der Waals surface area contributed by atoms with Crippen LogP contribution in [0.2, 0.25) is 0 Å². The van der Waals surface area contributed by atoms with E-state index in [1.165, 1.54) is 30.5 Å². The third kappa shape index (κ3) is 3.03. The highest BCUT2D eigenvalue weighted by molar-refractivity contribution is 5.49. The summed E-state index contributed by atoms with van der Waals surface area (Å²) in [5.74, 6) is 0. The van der Waals surface area contributed by atoms with Gasteiger partial charge in [-0.1, -0.05) is 12.1 Å². The van der Waals surface area contributed by atoms with E-state index in [1.54, 1.807) is 0 Å². The number of hydrogen-bond donors (Lipinski definition) is 2. The average molecular weight is 248 g/mol. The number of nitrogens with two attached hydrogens (primary N) is 1.